The van der Waals surface area contributed by atoms with E-state index in [4.69, 9.17) is 16.3 Å². The van der Waals surface area contributed by atoms with Gasteiger partial charge in [0.25, 0.3) is 0 Å². The molecular formula is C15H18ClN3O2. The van der Waals surface area contributed by atoms with Gasteiger partial charge in [0.15, 0.2) is 0 Å². The molecule has 0 unspecified atom stereocenters. The quantitative estimate of drug-likeness (QED) is 0.812. The number of aromatic nitrogens is 1. The summed E-state index contributed by atoms with van der Waals surface area (Å²) in [5, 5.41) is 3.34. The Balaban J connectivity index is 1.50. The Morgan fingerprint density at radius 3 is 2.95 bits per heavy atom. The summed E-state index contributed by atoms with van der Waals surface area (Å²) in [5.41, 5.74) is 0.992. The molecule has 3 aliphatic rings. The van der Waals surface area contributed by atoms with Crippen LogP contribution in [0.3, 0.4) is 0 Å². The lowest BCUT2D eigenvalue weighted by Gasteiger charge is -2.41. The Labute approximate surface area is 128 Å². The lowest BCUT2D eigenvalue weighted by Crippen LogP contribution is -2.41. The Kier molecular flexibility index (Phi) is 3.08. The number of ether oxygens (including phenoxy) is 1. The average molecular weight is 308 g/mol. The molecule has 1 saturated carbocycles. The number of amides is 2. The zero-order valence-corrected chi connectivity index (χ0v) is 12.5. The maximum atomic E-state index is 12.6. The Morgan fingerprint density at radius 1 is 1.43 bits per heavy atom. The molecule has 2 aliphatic heterocycles. The number of carbonyl (C=O) groups excluding carboxylic acids is 1. The maximum absolute atomic E-state index is 12.6. The third-order valence-corrected chi connectivity index (χ3v) is 5.54. The highest BCUT2D eigenvalue weighted by molar-refractivity contribution is 6.29. The maximum Gasteiger partial charge on any atom is 0.322 e. The number of nitrogens with zero attached hydrogens (tertiary/aromatic N) is 2. The zero-order valence-electron chi connectivity index (χ0n) is 11.7. The fraction of sp³-hybridized carbons (Fsp3) is 0.600. The molecule has 21 heavy (non-hydrogen) atoms. The van der Waals surface area contributed by atoms with Crippen LogP contribution in [0.2, 0.25) is 5.15 Å². The number of pyridine rings is 1. The van der Waals surface area contributed by atoms with Gasteiger partial charge in [0.1, 0.15) is 5.15 Å². The molecule has 2 saturated heterocycles. The molecule has 0 aromatic carbocycles. The van der Waals surface area contributed by atoms with Gasteiger partial charge >= 0.3 is 6.03 Å². The number of hydrogen-bond donors (Lipinski definition) is 1. The highest BCUT2D eigenvalue weighted by Crippen LogP contribution is 2.55. The van der Waals surface area contributed by atoms with Gasteiger partial charge in [-0.15, -0.1) is 0 Å². The molecule has 2 atom stereocenters. The lowest BCUT2D eigenvalue weighted by atomic mass is 9.62. The van der Waals surface area contributed by atoms with Crippen molar-refractivity contribution in [1.29, 1.82) is 0 Å². The summed E-state index contributed by atoms with van der Waals surface area (Å²) in [5.74, 6) is 0.514. The Bertz CT molecular complexity index is 559. The molecule has 1 aromatic rings. The van der Waals surface area contributed by atoms with Crippen LogP contribution in [0, 0.1) is 11.3 Å². The number of halogens is 1. The number of rotatable bonds is 1. The Hall–Kier alpha value is -1.33. The predicted octanol–water partition coefficient (Wildman–Crippen LogP) is 2.77. The number of nitrogens with one attached hydrogen (secondary N) is 1. The molecule has 0 radical (unpaired) electrons. The summed E-state index contributed by atoms with van der Waals surface area (Å²) >= 11 is 5.76. The smallest absolute Gasteiger partial charge is 0.322 e. The van der Waals surface area contributed by atoms with Crippen molar-refractivity contribution < 1.29 is 9.53 Å². The average Bonchev–Trinajstić information content (AvgIpc) is 3.00. The van der Waals surface area contributed by atoms with E-state index >= 15 is 0 Å². The fourth-order valence-electron chi connectivity index (χ4n) is 4.04. The van der Waals surface area contributed by atoms with Gasteiger partial charge in [-0.25, -0.2) is 9.78 Å². The molecule has 1 aliphatic carbocycles. The van der Waals surface area contributed by atoms with Crippen molar-refractivity contribution in [2.75, 3.05) is 25.1 Å². The topological polar surface area (TPSA) is 54.5 Å². The largest absolute Gasteiger partial charge is 0.379 e. The van der Waals surface area contributed by atoms with E-state index in [1.54, 1.807) is 18.3 Å². The van der Waals surface area contributed by atoms with E-state index in [1.807, 2.05) is 4.90 Å². The number of carbonyl (C=O) groups is 1. The van der Waals surface area contributed by atoms with Gasteiger partial charge in [-0.3, -0.25) is 0 Å². The third kappa shape index (κ3) is 2.10. The van der Waals surface area contributed by atoms with Crippen molar-refractivity contribution in [1.82, 2.24) is 9.88 Å². The number of hydrogen-bond acceptors (Lipinski definition) is 3. The first-order chi connectivity index (χ1) is 10.2. The number of likely N-dealkylation sites (tertiary alicyclic amines) is 1. The van der Waals surface area contributed by atoms with Crippen LogP contribution in [0.25, 0.3) is 0 Å². The van der Waals surface area contributed by atoms with Gasteiger partial charge in [0.05, 0.1) is 31.1 Å². The van der Waals surface area contributed by atoms with Crippen LogP contribution < -0.4 is 5.32 Å². The number of anilines is 1. The van der Waals surface area contributed by atoms with Gasteiger partial charge in [-0.1, -0.05) is 18.0 Å². The summed E-state index contributed by atoms with van der Waals surface area (Å²) in [4.78, 5) is 18.5. The first kappa shape index (κ1) is 13.3. The van der Waals surface area contributed by atoms with E-state index in [1.165, 1.54) is 19.3 Å². The summed E-state index contributed by atoms with van der Waals surface area (Å²) in [6.07, 6.45) is 5.31. The van der Waals surface area contributed by atoms with Crippen molar-refractivity contribution in [2.24, 2.45) is 11.3 Å². The van der Waals surface area contributed by atoms with Crippen LogP contribution >= 0.6 is 11.6 Å². The third-order valence-electron chi connectivity index (χ3n) is 5.31. The van der Waals surface area contributed by atoms with E-state index in [0.29, 0.717) is 28.8 Å². The van der Waals surface area contributed by atoms with Crippen LogP contribution in [-0.2, 0) is 4.74 Å². The predicted molar refractivity (Wildman–Crippen MR) is 79.4 cm³/mol. The highest BCUT2D eigenvalue weighted by Gasteiger charge is 2.58. The molecular weight excluding hydrogens is 290 g/mol. The van der Waals surface area contributed by atoms with Crippen molar-refractivity contribution in [3.8, 4) is 0 Å². The first-order valence-electron chi connectivity index (χ1n) is 7.45. The van der Waals surface area contributed by atoms with Crippen molar-refractivity contribution in [3.05, 3.63) is 23.5 Å². The van der Waals surface area contributed by atoms with E-state index in [2.05, 4.69) is 10.3 Å². The van der Waals surface area contributed by atoms with Gasteiger partial charge in [0, 0.05) is 12.5 Å². The van der Waals surface area contributed by atoms with Gasteiger partial charge in [0.2, 0.25) is 0 Å². The highest BCUT2D eigenvalue weighted by atomic mass is 35.5. The standard InChI is InChI=1S/C15H18ClN3O2/c16-13-3-2-10(6-17-13)18-14(20)19-9-15(4-1-5-15)11-7-21-8-12(11)19/h2-3,6,11-12H,1,4-5,7-9H2,(H,18,20)/t11-,12+/m1/s1. The first-order valence-corrected chi connectivity index (χ1v) is 7.83. The number of fused-ring (bicyclic) bond motifs is 2. The molecule has 1 N–H and O–H groups in total. The fourth-order valence-corrected chi connectivity index (χ4v) is 4.15. The Morgan fingerprint density at radius 2 is 2.29 bits per heavy atom. The molecule has 6 heteroatoms. The molecule has 2 amide bonds. The summed E-state index contributed by atoms with van der Waals surface area (Å²) < 4.78 is 5.64. The molecule has 0 bridgehead atoms. The van der Waals surface area contributed by atoms with Gasteiger partial charge in [-0.2, -0.15) is 0 Å². The van der Waals surface area contributed by atoms with Gasteiger partial charge < -0.3 is 15.0 Å². The van der Waals surface area contributed by atoms with Gasteiger partial charge in [-0.05, 0) is 30.4 Å². The minimum atomic E-state index is -0.0524. The van der Waals surface area contributed by atoms with Crippen LogP contribution in [-0.4, -0.2) is 41.7 Å². The minimum Gasteiger partial charge on any atom is -0.379 e. The molecule has 1 aromatic heterocycles. The minimum absolute atomic E-state index is 0.0524. The second kappa shape index (κ2) is 4.85. The molecule has 4 rings (SSSR count). The monoisotopic (exact) mass is 307 g/mol. The number of urea groups is 1. The summed E-state index contributed by atoms with van der Waals surface area (Å²) in [6.45, 7) is 2.33. The summed E-state index contributed by atoms with van der Waals surface area (Å²) in [7, 11) is 0. The SMILES string of the molecule is O=C(Nc1ccc(Cl)nc1)N1CC2(CCC2)[C@@H]2COC[C@@H]21. The molecule has 3 fully saturated rings. The summed E-state index contributed by atoms with van der Waals surface area (Å²) in [6, 6.07) is 3.62. The van der Waals surface area contributed by atoms with Crippen LogP contribution in [0.4, 0.5) is 10.5 Å². The zero-order chi connectivity index (χ0) is 14.4. The van der Waals surface area contributed by atoms with E-state index < -0.39 is 0 Å². The van der Waals surface area contributed by atoms with Crippen molar-refractivity contribution in [2.45, 2.75) is 25.3 Å². The van der Waals surface area contributed by atoms with Crippen LogP contribution in [0.15, 0.2) is 18.3 Å². The lowest BCUT2D eigenvalue weighted by molar-refractivity contribution is 0.0567. The van der Waals surface area contributed by atoms with E-state index in [-0.39, 0.29) is 12.1 Å². The van der Waals surface area contributed by atoms with Crippen LogP contribution in [0.1, 0.15) is 19.3 Å². The second-order valence-electron chi connectivity index (χ2n) is 6.35. The van der Waals surface area contributed by atoms with E-state index in [9.17, 15) is 4.79 Å². The molecule has 112 valence electrons. The van der Waals surface area contributed by atoms with E-state index in [0.717, 1.165) is 13.2 Å². The van der Waals surface area contributed by atoms with Crippen LogP contribution in [0.5, 0.6) is 0 Å². The normalized spacial score (nSPS) is 29.3. The molecule has 3 heterocycles. The van der Waals surface area contributed by atoms with Crippen molar-refractivity contribution in [3.63, 3.8) is 0 Å². The second-order valence-corrected chi connectivity index (χ2v) is 6.74. The molecule has 1 spiro atoms. The van der Waals surface area contributed by atoms with Crippen molar-refractivity contribution >= 4 is 23.3 Å². The molecule has 5 nitrogen and oxygen atoms in total.